The molecule has 7 heteroatoms. The van der Waals surface area contributed by atoms with E-state index in [1.807, 2.05) is 34.8 Å². The van der Waals surface area contributed by atoms with Gasteiger partial charge in [0, 0.05) is 36.6 Å². The summed E-state index contributed by atoms with van der Waals surface area (Å²) in [6.45, 7) is 4.27. The fourth-order valence-electron chi connectivity index (χ4n) is 6.35. The van der Waals surface area contributed by atoms with E-state index in [-0.39, 0.29) is 5.75 Å². The zero-order valence-corrected chi connectivity index (χ0v) is 24.3. The number of phenolic OH excluding ortho intramolecular Hbond substituents is 1. The van der Waals surface area contributed by atoms with E-state index in [0.29, 0.717) is 0 Å². The lowest BCUT2D eigenvalue weighted by Crippen LogP contribution is -1.93. The number of fused-ring (bicyclic) bond motifs is 14. The Balaban J connectivity index is 1.33. The van der Waals surface area contributed by atoms with Crippen LogP contribution in [0.1, 0.15) is 11.1 Å². The van der Waals surface area contributed by atoms with Crippen molar-refractivity contribution in [1.82, 2.24) is 4.57 Å². The fourth-order valence-corrected chi connectivity index (χ4v) is 10.4. The molecular weight excluding hydrogens is 567 g/mol. The lowest BCUT2D eigenvalue weighted by molar-refractivity contribution is 0.475. The highest BCUT2D eigenvalue weighted by atomic mass is 32.1. The number of aromatic nitrogens is 1. The number of furan rings is 2. The van der Waals surface area contributed by atoms with Gasteiger partial charge in [-0.2, -0.15) is 0 Å². The molecule has 196 valence electrons. The molecule has 0 atom stereocenters. The van der Waals surface area contributed by atoms with E-state index in [9.17, 15) is 5.11 Å². The molecule has 0 aliphatic rings. The van der Waals surface area contributed by atoms with E-state index >= 15 is 0 Å². The first-order chi connectivity index (χ1) is 20.0. The number of hydrogen-bond acceptors (Lipinski definition) is 6. The average molecular weight is 586 g/mol. The van der Waals surface area contributed by atoms with Crippen LogP contribution in [0.5, 0.6) is 5.75 Å². The first-order valence-corrected chi connectivity index (χ1v) is 15.8. The van der Waals surface area contributed by atoms with Gasteiger partial charge < -0.3 is 18.5 Å². The maximum absolute atomic E-state index is 10.0. The Bertz CT molecular complexity index is 2720. The molecule has 0 amide bonds. The molecule has 0 spiro atoms. The minimum atomic E-state index is 0.247. The van der Waals surface area contributed by atoms with Gasteiger partial charge >= 0.3 is 0 Å². The van der Waals surface area contributed by atoms with Gasteiger partial charge in [-0.1, -0.05) is 24.3 Å². The van der Waals surface area contributed by atoms with Crippen molar-refractivity contribution in [3.8, 4) is 11.4 Å². The predicted octanol–water partition coefficient (Wildman–Crippen LogP) is 11.4. The van der Waals surface area contributed by atoms with Gasteiger partial charge in [-0.15, -0.1) is 34.0 Å². The summed E-state index contributed by atoms with van der Waals surface area (Å²) >= 11 is 5.40. The summed E-state index contributed by atoms with van der Waals surface area (Å²) in [5, 5.41) is 14.7. The third-order valence-corrected chi connectivity index (χ3v) is 11.9. The minimum absolute atomic E-state index is 0.247. The number of aryl methyl sites for hydroxylation is 2. The fraction of sp³-hybridized carbons (Fsp3) is 0.0588. The average Bonchev–Trinajstić information content (AvgIpc) is 3.76. The molecule has 10 aromatic rings. The van der Waals surface area contributed by atoms with Gasteiger partial charge in [0.1, 0.15) is 22.4 Å². The Morgan fingerprint density at radius 3 is 2.02 bits per heavy atom. The van der Waals surface area contributed by atoms with Crippen molar-refractivity contribution in [2.24, 2.45) is 0 Å². The van der Waals surface area contributed by atoms with Gasteiger partial charge in [-0.25, -0.2) is 0 Å². The summed E-state index contributed by atoms with van der Waals surface area (Å²) in [5.74, 6) is 0.247. The van der Waals surface area contributed by atoms with E-state index in [1.54, 1.807) is 23.5 Å². The molecule has 0 aliphatic heterocycles. The smallest absolute Gasteiger partial charge is 0.171 e. The Morgan fingerprint density at radius 1 is 0.561 bits per heavy atom. The molecule has 0 radical (unpaired) electrons. The zero-order chi connectivity index (χ0) is 27.1. The minimum Gasteiger partial charge on any atom is -0.508 e. The van der Waals surface area contributed by atoms with Gasteiger partial charge in [0.25, 0.3) is 0 Å². The van der Waals surface area contributed by atoms with Crippen LogP contribution in [-0.2, 0) is 0 Å². The lowest BCUT2D eigenvalue weighted by atomic mass is 10.2. The van der Waals surface area contributed by atoms with Crippen LogP contribution in [-0.4, -0.2) is 9.67 Å². The Labute approximate surface area is 243 Å². The van der Waals surface area contributed by atoms with Crippen molar-refractivity contribution in [2.75, 3.05) is 0 Å². The second-order valence-electron chi connectivity index (χ2n) is 10.9. The molecule has 6 aromatic heterocycles. The maximum atomic E-state index is 10.0. The molecule has 6 heterocycles. The SMILES string of the molecule is Cc1ccc2c(c1)sc1c3oc4cc5c(cc4c3sc21)oc1c2sc3cc(C)ccc3c2n(-c2ccc(O)cc2)c51. The molecular formula is C34H19NO3S3. The van der Waals surface area contributed by atoms with Crippen molar-refractivity contribution in [3.63, 3.8) is 0 Å². The summed E-state index contributed by atoms with van der Waals surface area (Å²) in [4.78, 5) is 0. The maximum Gasteiger partial charge on any atom is 0.171 e. The molecule has 0 fully saturated rings. The predicted molar refractivity (Wildman–Crippen MR) is 175 cm³/mol. The molecule has 0 saturated heterocycles. The first-order valence-electron chi connectivity index (χ1n) is 13.4. The molecule has 0 aliphatic carbocycles. The number of benzene rings is 4. The Morgan fingerprint density at radius 2 is 1.22 bits per heavy atom. The number of thiophene rings is 3. The van der Waals surface area contributed by atoms with E-state index in [4.69, 9.17) is 8.83 Å². The van der Waals surface area contributed by atoms with Crippen molar-refractivity contribution in [2.45, 2.75) is 13.8 Å². The summed E-state index contributed by atoms with van der Waals surface area (Å²) in [5.41, 5.74) is 9.24. The normalized spacial score (nSPS) is 12.7. The number of hydrogen-bond donors (Lipinski definition) is 1. The standard InChI is InChI=1S/C34H19NO3S3/c1-15-3-9-19-25(11-15)39-33-28(19)35(17-5-7-18(36)8-6-17)27-21-13-24-22(14-23(21)37-29(27)33)31-30(38-24)34-32(41-31)20-10-4-16(2)12-26(20)40-34/h3-14,36H,1-2H3. The van der Waals surface area contributed by atoms with Crippen LogP contribution < -0.4 is 0 Å². The summed E-state index contributed by atoms with van der Waals surface area (Å²) in [6, 6.07) is 25.0. The highest BCUT2D eigenvalue weighted by molar-refractivity contribution is 7.36. The lowest BCUT2D eigenvalue weighted by Gasteiger charge is -2.07. The number of rotatable bonds is 1. The molecule has 1 N–H and O–H groups in total. The monoisotopic (exact) mass is 585 g/mol. The third-order valence-electron chi connectivity index (χ3n) is 8.22. The Kier molecular flexibility index (Phi) is 4.10. The summed E-state index contributed by atoms with van der Waals surface area (Å²) in [7, 11) is 0. The molecule has 4 aromatic carbocycles. The van der Waals surface area contributed by atoms with Gasteiger partial charge in [0.05, 0.1) is 24.3 Å². The van der Waals surface area contributed by atoms with Crippen molar-refractivity contribution in [3.05, 3.63) is 83.9 Å². The zero-order valence-electron chi connectivity index (χ0n) is 21.9. The van der Waals surface area contributed by atoms with Gasteiger partial charge in [0.2, 0.25) is 0 Å². The van der Waals surface area contributed by atoms with Crippen LogP contribution in [0.4, 0.5) is 0 Å². The second-order valence-corrected chi connectivity index (χ2v) is 14.0. The van der Waals surface area contributed by atoms with Crippen LogP contribution >= 0.6 is 34.0 Å². The first kappa shape index (κ1) is 22.4. The van der Waals surface area contributed by atoms with Gasteiger partial charge in [-0.05, 0) is 73.5 Å². The number of nitrogens with zero attached hydrogens (tertiary/aromatic N) is 1. The highest BCUT2D eigenvalue weighted by Gasteiger charge is 2.25. The number of aromatic hydroxyl groups is 1. The van der Waals surface area contributed by atoms with Gasteiger partial charge in [-0.3, -0.25) is 0 Å². The van der Waals surface area contributed by atoms with Crippen LogP contribution in [0.15, 0.2) is 81.6 Å². The van der Waals surface area contributed by atoms with Crippen LogP contribution in [0.25, 0.3) is 88.8 Å². The third kappa shape index (κ3) is 2.83. The molecule has 0 saturated carbocycles. The molecule has 0 bridgehead atoms. The highest BCUT2D eigenvalue weighted by Crippen LogP contribution is 2.50. The summed E-state index contributed by atoms with van der Waals surface area (Å²) in [6.07, 6.45) is 0. The summed E-state index contributed by atoms with van der Waals surface area (Å²) < 4.78 is 23.0. The quantitative estimate of drug-likeness (QED) is 0.208. The topological polar surface area (TPSA) is 51.4 Å². The van der Waals surface area contributed by atoms with E-state index in [2.05, 4.69) is 66.9 Å². The molecule has 4 nitrogen and oxygen atoms in total. The molecule has 0 unspecified atom stereocenters. The van der Waals surface area contributed by atoms with Crippen LogP contribution in [0.2, 0.25) is 0 Å². The Hall–Kier alpha value is -4.30. The van der Waals surface area contributed by atoms with Crippen LogP contribution in [0, 0.1) is 13.8 Å². The van der Waals surface area contributed by atoms with E-state index in [1.165, 1.54) is 45.4 Å². The second kappa shape index (κ2) is 7.50. The molecule has 41 heavy (non-hydrogen) atoms. The molecule has 10 rings (SSSR count). The van der Waals surface area contributed by atoms with Crippen molar-refractivity contribution >= 4 is 117 Å². The van der Waals surface area contributed by atoms with Gasteiger partial charge in [0.15, 0.2) is 11.2 Å². The van der Waals surface area contributed by atoms with Crippen LogP contribution in [0.3, 0.4) is 0 Å². The largest absolute Gasteiger partial charge is 0.508 e. The van der Waals surface area contributed by atoms with E-state index in [0.717, 1.165) is 54.5 Å². The number of phenols is 1. The van der Waals surface area contributed by atoms with E-state index < -0.39 is 0 Å². The van der Waals surface area contributed by atoms with Crippen molar-refractivity contribution in [1.29, 1.82) is 0 Å². The van der Waals surface area contributed by atoms with Crippen molar-refractivity contribution < 1.29 is 13.9 Å².